The molecule has 0 amide bonds. The molecule has 6 spiro atoms. The number of epoxide rings is 1. The Morgan fingerprint density at radius 2 is 1.81 bits per heavy atom. The number of hydrogen-bond acceptors (Lipinski definition) is 13. The van der Waals surface area contributed by atoms with E-state index < -0.39 is 92.0 Å². The molecule has 12 fully saturated rings. The Labute approximate surface area is 494 Å². The van der Waals surface area contributed by atoms with Crippen LogP contribution in [-0.2, 0) is 58.2 Å². The Morgan fingerprint density at radius 1 is 0.952 bits per heavy atom. The lowest BCUT2D eigenvalue weighted by atomic mass is 9.28. The molecule has 7 saturated carbocycles. The Hall–Kier alpha value is -4.29. The van der Waals surface area contributed by atoms with E-state index in [1.54, 1.807) is 0 Å². The van der Waals surface area contributed by atoms with Crippen LogP contribution in [0, 0.1) is 122 Å². The Morgan fingerprint density at radius 3 is 2.64 bits per heavy atom. The summed E-state index contributed by atoms with van der Waals surface area (Å²) in [6.45, 7) is 10.4. The minimum atomic E-state index is -1.56. The van der Waals surface area contributed by atoms with Crippen molar-refractivity contribution in [3.8, 4) is 11.8 Å². The number of cyclic esters (lactones) is 1. The Balaban J connectivity index is 0.875. The zero-order chi connectivity index (χ0) is 57.0. The maximum absolute atomic E-state index is 17.4. The second kappa shape index (κ2) is 17.3. The molecule has 0 radical (unpaired) electrons. The number of nitrogens with one attached hydrogen (secondary N) is 1. The van der Waals surface area contributed by atoms with E-state index in [1.165, 1.54) is 11.1 Å². The van der Waals surface area contributed by atoms with Crippen molar-refractivity contribution in [1.29, 1.82) is 0 Å². The molecule has 26 atom stereocenters. The van der Waals surface area contributed by atoms with Crippen LogP contribution in [0.25, 0.3) is 0 Å². The number of allylic oxidation sites excluding steroid dienone is 1. The zero-order valence-corrected chi connectivity index (χ0v) is 49.6. The number of esters is 2. The molecule has 84 heavy (non-hydrogen) atoms. The van der Waals surface area contributed by atoms with Crippen LogP contribution in [0.5, 0.6) is 0 Å². The van der Waals surface area contributed by atoms with Crippen molar-refractivity contribution in [3.05, 3.63) is 83.0 Å². The van der Waals surface area contributed by atoms with Gasteiger partial charge in [0.25, 0.3) is 0 Å². The van der Waals surface area contributed by atoms with Gasteiger partial charge in [-0.15, -0.1) is 0 Å². The summed E-state index contributed by atoms with van der Waals surface area (Å²) in [6, 6.07) is 11.2. The summed E-state index contributed by atoms with van der Waals surface area (Å²) in [7, 11) is 0. The van der Waals surface area contributed by atoms with Crippen molar-refractivity contribution >= 4 is 17.7 Å². The lowest BCUT2D eigenvalue weighted by Crippen LogP contribution is -2.84. The molecule has 13 nitrogen and oxygen atoms in total. The molecule has 9 bridgehead atoms. The van der Waals surface area contributed by atoms with Gasteiger partial charge in [0.15, 0.2) is 17.5 Å². The molecule has 8 heterocycles. The lowest BCUT2D eigenvalue weighted by Gasteiger charge is -2.74. The van der Waals surface area contributed by atoms with Gasteiger partial charge in [-0.25, -0.2) is 4.79 Å². The third-order valence-electron chi connectivity index (χ3n) is 28.6. The molecule has 4 N–H and O–H groups in total. The average Bonchev–Trinajstić information content (AvgIpc) is 1.39. The first-order valence-electron chi connectivity index (χ1n) is 33.3. The molecule has 2 aromatic rings. The van der Waals surface area contributed by atoms with Crippen LogP contribution in [0.2, 0.25) is 0 Å². The standard InChI is InChI=1S/C71H86N2O11/c1-37(2)23-47-28-48-27-46-11-8-21-66(46)31-44-30-64(3)69-45(18-15-43-34-80-54(55(43)69)29-50(53(75)33-74)41-16-19-49-42(26-41)20-22-73-36-72-32-52(49)73)17-14-40-13-12-39(24-38-9-6-5-7-10-38)25-51(40)68(71(64)61(82-71)63(79)83-69)57(44)67-35-81-62(78)59(66)70(48,67)84-65(47,4)58(67)56(76)60(68)77/h5-7,9-10,20,22,28,34,37,39-42,44-47,49-53,57-61,72,74-75,77H,8,11-13,15-16,18-19,21,23-27,29-33,35-36H2,1-4H3/t39-,40+,41+,42-,44+,45-,46-,47+,49+,50+,51-,52-,53-,57-,58-,59+,60-,61-,64+,65+,66+,67-,68+,69+,70+,71-/m1/s1. The van der Waals surface area contributed by atoms with Crippen molar-refractivity contribution in [2.24, 2.45) is 110 Å². The highest BCUT2D eigenvalue weighted by molar-refractivity contribution is 5.94. The fourth-order valence-electron chi connectivity index (χ4n) is 26.4. The highest BCUT2D eigenvalue weighted by Crippen LogP contribution is 2.91. The van der Waals surface area contributed by atoms with Crippen LogP contribution >= 0.6 is 0 Å². The van der Waals surface area contributed by atoms with Crippen molar-refractivity contribution in [1.82, 2.24) is 10.2 Å². The van der Waals surface area contributed by atoms with E-state index >= 15 is 14.4 Å². The maximum Gasteiger partial charge on any atom is 0.339 e. The number of Topliss-reactive ketones (excluding diaryl/α,β-unsaturated/α-hetero) is 1. The van der Waals surface area contributed by atoms with Gasteiger partial charge in [-0.2, -0.15) is 0 Å². The predicted octanol–water partition coefficient (Wildman–Crippen LogP) is 8.40. The lowest BCUT2D eigenvalue weighted by molar-refractivity contribution is -0.320. The topological polar surface area (TPSA) is 181 Å². The first-order chi connectivity index (χ1) is 40.6. The molecule has 9 aliphatic carbocycles. The number of benzene rings is 1. The van der Waals surface area contributed by atoms with Crippen LogP contribution in [0.3, 0.4) is 0 Å². The summed E-state index contributed by atoms with van der Waals surface area (Å²) < 4.78 is 37.6. The average molecular weight is 1140 g/mol. The van der Waals surface area contributed by atoms with Crippen LogP contribution in [0.4, 0.5) is 0 Å². The number of rotatable bonds is 9. The Kier molecular flexibility index (Phi) is 10.9. The second-order valence-corrected chi connectivity index (χ2v) is 31.7. The molecule has 0 unspecified atom stereocenters. The number of aliphatic hydroxyl groups excluding tert-OH is 3. The molecule has 16 aliphatic rings. The third kappa shape index (κ3) is 5.89. The third-order valence-corrected chi connectivity index (χ3v) is 28.6. The monoisotopic (exact) mass is 1140 g/mol. The largest absolute Gasteiger partial charge is 0.469 e. The number of carbonyl (C=O) groups excluding carboxylic acids is 3. The quantitative estimate of drug-likeness (QED) is 0.0815. The molecule has 7 aliphatic heterocycles. The van der Waals surface area contributed by atoms with Crippen molar-refractivity contribution < 1.29 is 53.1 Å². The Bertz CT molecular complexity index is 3310. The number of furan rings is 1. The van der Waals surface area contributed by atoms with E-state index in [0.29, 0.717) is 68.1 Å². The predicted molar refractivity (Wildman–Crippen MR) is 306 cm³/mol. The van der Waals surface area contributed by atoms with E-state index in [-0.39, 0.29) is 72.3 Å². The number of aryl methyl sites for hydroxylation is 1. The van der Waals surface area contributed by atoms with E-state index in [9.17, 15) is 15.3 Å². The van der Waals surface area contributed by atoms with E-state index in [4.69, 9.17) is 23.4 Å². The first kappa shape index (κ1) is 52.8. The van der Waals surface area contributed by atoms with Crippen molar-refractivity contribution in [2.45, 2.75) is 184 Å². The number of ketones is 1. The van der Waals surface area contributed by atoms with Gasteiger partial charge in [0, 0.05) is 47.2 Å². The molecule has 13 heteroatoms. The molecule has 446 valence electrons. The van der Waals surface area contributed by atoms with Gasteiger partial charge in [-0.1, -0.05) is 81.5 Å². The highest BCUT2D eigenvalue weighted by Gasteiger charge is 3.00. The smallest absolute Gasteiger partial charge is 0.339 e. The van der Waals surface area contributed by atoms with Gasteiger partial charge >= 0.3 is 11.9 Å². The number of ether oxygens (including phenoxy) is 4. The summed E-state index contributed by atoms with van der Waals surface area (Å²) in [5.74, 6) is 5.76. The summed E-state index contributed by atoms with van der Waals surface area (Å²) in [6.07, 6.45) is 18.7. The SMILES string of the molecule is CC(C)C[C@H]1C=C2C[C@H]3CCC[C@]34C[C@@H]3C[C@]5(C)[C@]67O[C@@H]6C(=O)O[C@@]56c5c(coc5C[C@@H]([C@H]5CC[C@H]8[C@H](C=CN9CNC[C@H]89)C5)[C@H](O)CO)CC[C@H]6C#C[C@@H]5CC[C@H](Cc6ccccc6)C[C@H]5[C@]75[C@H](O)C(=O)[C@@H]6[C@@]1(C)O[C@]21[C@H]4C(=O)OC[C@@]61[C@@H]35. The van der Waals surface area contributed by atoms with Crippen molar-refractivity contribution in [2.75, 3.05) is 26.4 Å². The van der Waals surface area contributed by atoms with Gasteiger partial charge in [0.05, 0.1) is 54.4 Å². The number of fused-ring (bicyclic) bond motifs is 7. The van der Waals surface area contributed by atoms with E-state index in [2.05, 4.69) is 98.4 Å². The molecule has 1 aromatic carbocycles. The fourth-order valence-corrected chi connectivity index (χ4v) is 26.4. The second-order valence-electron chi connectivity index (χ2n) is 31.7. The van der Waals surface area contributed by atoms with Gasteiger partial charge in [0.2, 0.25) is 0 Å². The fraction of sp³-hybridized carbons (Fsp3) is 0.732. The summed E-state index contributed by atoms with van der Waals surface area (Å²) in [5, 5.41) is 41.7. The molecular formula is C71H86N2O11. The van der Waals surface area contributed by atoms with Gasteiger partial charge in [0.1, 0.15) is 29.7 Å². The van der Waals surface area contributed by atoms with Crippen LogP contribution in [-0.4, -0.2) is 106 Å². The van der Waals surface area contributed by atoms with Crippen molar-refractivity contribution in [3.63, 3.8) is 0 Å². The highest BCUT2D eigenvalue weighted by atomic mass is 16.7. The van der Waals surface area contributed by atoms with Gasteiger partial charge in [-0.3, -0.25) is 14.9 Å². The number of aliphatic hydroxyl groups is 3. The number of carbonyl (C=O) groups is 3. The molecule has 5 saturated heterocycles. The number of nitrogens with zero attached hydrogens (tertiary/aromatic N) is 1. The van der Waals surface area contributed by atoms with Crippen LogP contribution < -0.4 is 5.32 Å². The first-order valence-corrected chi connectivity index (χ1v) is 33.3. The maximum atomic E-state index is 17.4. The van der Waals surface area contributed by atoms with E-state index in [1.807, 2.05) is 6.26 Å². The zero-order valence-electron chi connectivity index (χ0n) is 49.6. The minimum absolute atomic E-state index is 0.0155. The minimum Gasteiger partial charge on any atom is -0.469 e. The molecule has 18 rings (SSSR count). The normalized spacial score (nSPS) is 51.9. The van der Waals surface area contributed by atoms with E-state index in [0.717, 1.165) is 95.0 Å². The molecular weight excluding hydrogens is 1060 g/mol. The molecule has 1 aromatic heterocycles. The van der Waals surface area contributed by atoms with Crippen LogP contribution in [0.15, 0.2) is 64.9 Å². The summed E-state index contributed by atoms with van der Waals surface area (Å²) in [5.41, 5.74) is -4.97. The van der Waals surface area contributed by atoms with Gasteiger partial charge < -0.3 is 43.6 Å². The summed E-state index contributed by atoms with van der Waals surface area (Å²) in [4.78, 5) is 51.8. The van der Waals surface area contributed by atoms with Crippen LogP contribution in [0.1, 0.15) is 140 Å². The van der Waals surface area contributed by atoms with Gasteiger partial charge in [-0.05, 0) is 191 Å². The number of hydrogen-bond donors (Lipinski definition) is 4. The summed E-state index contributed by atoms with van der Waals surface area (Å²) >= 11 is 0.